The molecular formula is C18H19NO2S2. The van der Waals surface area contributed by atoms with Crippen molar-refractivity contribution in [3.63, 3.8) is 0 Å². The lowest BCUT2D eigenvalue weighted by Gasteiger charge is -2.06. The number of hydrogen-bond acceptors (Lipinski definition) is 4. The Morgan fingerprint density at radius 2 is 1.91 bits per heavy atom. The molecule has 2 amide bonds. The largest absolute Gasteiger partial charge is 0.288 e. The van der Waals surface area contributed by atoms with Crippen LogP contribution >= 0.6 is 23.1 Å². The second-order valence-electron chi connectivity index (χ2n) is 5.57. The molecule has 0 fully saturated rings. The van der Waals surface area contributed by atoms with E-state index in [-0.39, 0.29) is 11.8 Å². The SMILES string of the molecule is O=C1NC(=O)c2c(CCCCCSCc3cccs3)cccc21. The van der Waals surface area contributed by atoms with Gasteiger partial charge in [-0.3, -0.25) is 14.9 Å². The number of hydrogen-bond donors (Lipinski definition) is 1. The Balaban J connectivity index is 1.40. The van der Waals surface area contributed by atoms with E-state index in [0.717, 1.165) is 30.6 Å². The standard InChI is InChI=1S/C18H19NO2S2/c20-17-15-9-4-7-13(16(15)18(21)19-17)6-2-1-3-10-22-12-14-8-5-11-23-14/h4-5,7-9,11H,1-3,6,10,12H2,(H,19,20,21). The number of thiophene rings is 1. The highest BCUT2D eigenvalue weighted by atomic mass is 32.2. The molecule has 1 aromatic heterocycles. The summed E-state index contributed by atoms with van der Waals surface area (Å²) in [6, 6.07) is 9.83. The molecule has 3 nitrogen and oxygen atoms in total. The number of fused-ring (bicyclic) bond motifs is 1. The van der Waals surface area contributed by atoms with Crippen LogP contribution in [-0.4, -0.2) is 17.6 Å². The van der Waals surface area contributed by atoms with Crippen LogP contribution in [0.1, 0.15) is 50.4 Å². The average molecular weight is 345 g/mol. The second kappa shape index (κ2) is 7.79. The van der Waals surface area contributed by atoms with Gasteiger partial charge in [0.1, 0.15) is 0 Å². The van der Waals surface area contributed by atoms with E-state index in [4.69, 9.17) is 0 Å². The molecule has 0 saturated carbocycles. The summed E-state index contributed by atoms with van der Waals surface area (Å²) in [5.41, 5.74) is 2.11. The van der Waals surface area contributed by atoms with E-state index in [1.807, 2.05) is 35.2 Å². The van der Waals surface area contributed by atoms with Crippen LogP contribution < -0.4 is 5.32 Å². The molecule has 2 aromatic rings. The summed E-state index contributed by atoms with van der Waals surface area (Å²) in [4.78, 5) is 24.9. The quantitative estimate of drug-likeness (QED) is 0.574. The van der Waals surface area contributed by atoms with E-state index in [1.54, 1.807) is 6.07 Å². The fraction of sp³-hybridized carbons (Fsp3) is 0.333. The molecule has 23 heavy (non-hydrogen) atoms. The van der Waals surface area contributed by atoms with E-state index in [0.29, 0.717) is 11.1 Å². The minimum absolute atomic E-state index is 0.243. The van der Waals surface area contributed by atoms with Crippen LogP contribution in [0.3, 0.4) is 0 Å². The Morgan fingerprint density at radius 1 is 1.00 bits per heavy atom. The molecule has 0 saturated heterocycles. The summed E-state index contributed by atoms with van der Waals surface area (Å²) in [7, 11) is 0. The van der Waals surface area contributed by atoms with Gasteiger partial charge in [-0.1, -0.05) is 24.6 Å². The van der Waals surface area contributed by atoms with Gasteiger partial charge in [0.2, 0.25) is 0 Å². The molecule has 0 spiro atoms. The summed E-state index contributed by atoms with van der Waals surface area (Å²) in [5.74, 6) is 1.76. The first-order valence-electron chi connectivity index (χ1n) is 7.83. The van der Waals surface area contributed by atoms with Gasteiger partial charge >= 0.3 is 0 Å². The fourth-order valence-electron chi connectivity index (χ4n) is 2.76. The number of carbonyl (C=O) groups excluding carboxylic acids is 2. The van der Waals surface area contributed by atoms with Gasteiger partial charge in [-0.25, -0.2) is 0 Å². The van der Waals surface area contributed by atoms with Crippen LogP contribution in [-0.2, 0) is 12.2 Å². The minimum Gasteiger partial charge on any atom is -0.288 e. The molecule has 0 aliphatic carbocycles. The smallest absolute Gasteiger partial charge is 0.259 e. The number of thioether (sulfide) groups is 1. The second-order valence-corrected chi connectivity index (χ2v) is 7.70. The van der Waals surface area contributed by atoms with Crippen molar-refractivity contribution in [1.82, 2.24) is 5.32 Å². The Hall–Kier alpha value is -1.59. The fourth-order valence-corrected chi connectivity index (χ4v) is 4.62. The lowest BCUT2D eigenvalue weighted by molar-refractivity contribution is 0.0879. The van der Waals surface area contributed by atoms with Gasteiger partial charge in [0.15, 0.2) is 0 Å². The summed E-state index contributed by atoms with van der Waals surface area (Å²) < 4.78 is 0. The normalized spacial score (nSPS) is 13.2. The Kier molecular flexibility index (Phi) is 5.51. The molecule has 5 heteroatoms. The Morgan fingerprint density at radius 3 is 2.74 bits per heavy atom. The third kappa shape index (κ3) is 4.03. The third-order valence-corrected chi connectivity index (χ3v) is 6.06. The van der Waals surface area contributed by atoms with Crippen molar-refractivity contribution in [2.75, 3.05) is 5.75 Å². The van der Waals surface area contributed by atoms with Crippen molar-refractivity contribution < 1.29 is 9.59 Å². The number of unbranched alkanes of at least 4 members (excludes halogenated alkanes) is 2. The molecule has 120 valence electrons. The van der Waals surface area contributed by atoms with Crippen molar-refractivity contribution >= 4 is 34.9 Å². The first-order chi connectivity index (χ1) is 11.3. The highest BCUT2D eigenvalue weighted by Crippen LogP contribution is 2.22. The molecule has 2 heterocycles. The minimum atomic E-state index is -0.267. The lowest BCUT2D eigenvalue weighted by Crippen LogP contribution is -2.20. The zero-order valence-corrected chi connectivity index (χ0v) is 14.5. The zero-order chi connectivity index (χ0) is 16.1. The molecule has 0 bridgehead atoms. The van der Waals surface area contributed by atoms with Crippen molar-refractivity contribution in [3.05, 3.63) is 57.3 Å². The molecular weight excluding hydrogens is 326 g/mol. The van der Waals surface area contributed by atoms with Crippen LogP contribution in [0.2, 0.25) is 0 Å². The number of aryl methyl sites for hydroxylation is 1. The van der Waals surface area contributed by atoms with Crippen molar-refractivity contribution in [2.45, 2.75) is 31.4 Å². The van der Waals surface area contributed by atoms with Gasteiger partial charge in [0.25, 0.3) is 11.8 Å². The van der Waals surface area contributed by atoms with E-state index < -0.39 is 0 Å². The van der Waals surface area contributed by atoms with E-state index >= 15 is 0 Å². The summed E-state index contributed by atoms with van der Waals surface area (Å²) in [5, 5.41) is 4.49. The summed E-state index contributed by atoms with van der Waals surface area (Å²) in [6.45, 7) is 0. The first kappa shape index (κ1) is 16.3. The lowest BCUT2D eigenvalue weighted by atomic mass is 9.98. The summed E-state index contributed by atoms with van der Waals surface area (Å²) >= 11 is 3.79. The number of benzene rings is 1. The van der Waals surface area contributed by atoms with Crippen LogP contribution in [0.5, 0.6) is 0 Å². The average Bonchev–Trinajstić information content (AvgIpc) is 3.16. The number of amides is 2. The molecule has 0 unspecified atom stereocenters. The maximum absolute atomic E-state index is 11.8. The van der Waals surface area contributed by atoms with Crippen LogP contribution in [0.25, 0.3) is 0 Å². The Bertz CT molecular complexity index is 695. The highest BCUT2D eigenvalue weighted by Gasteiger charge is 2.28. The van der Waals surface area contributed by atoms with E-state index in [1.165, 1.54) is 17.1 Å². The third-order valence-electron chi connectivity index (χ3n) is 3.91. The number of carbonyl (C=O) groups is 2. The number of imide groups is 1. The molecule has 0 radical (unpaired) electrons. The topological polar surface area (TPSA) is 46.2 Å². The van der Waals surface area contributed by atoms with Crippen LogP contribution in [0.4, 0.5) is 0 Å². The van der Waals surface area contributed by atoms with Crippen LogP contribution in [0, 0.1) is 0 Å². The van der Waals surface area contributed by atoms with Gasteiger partial charge in [0.05, 0.1) is 11.1 Å². The molecule has 1 aliphatic rings. The number of nitrogens with one attached hydrogen (secondary N) is 1. The monoisotopic (exact) mass is 345 g/mol. The highest BCUT2D eigenvalue weighted by molar-refractivity contribution is 7.98. The molecule has 1 aliphatic heterocycles. The van der Waals surface area contributed by atoms with Gasteiger partial charge in [0, 0.05) is 10.6 Å². The van der Waals surface area contributed by atoms with Crippen molar-refractivity contribution in [2.24, 2.45) is 0 Å². The van der Waals surface area contributed by atoms with Gasteiger partial charge < -0.3 is 0 Å². The molecule has 3 rings (SSSR count). The zero-order valence-electron chi connectivity index (χ0n) is 12.8. The predicted octanol–water partition coefficient (Wildman–Crippen LogP) is 4.28. The predicted molar refractivity (Wildman–Crippen MR) is 96.3 cm³/mol. The van der Waals surface area contributed by atoms with Crippen molar-refractivity contribution in [1.29, 1.82) is 0 Å². The molecule has 0 atom stereocenters. The molecule has 1 aromatic carbocycles. The Labute approximate surface area is 144 Å². The maximum Gasteiger partial charge on any atom is 0.259 e. The maximum atomic E-state index is 11.8. The van der Waals surface area contributed by atoms with Crippen LogP contribution in [0.15, 0.2) is 35.7 Å². The summed E-state index contributed by atoms with van der Waals surface area (Å²) in [6.07, 6.45) is 4.25. The number of rotatable bonds is 8. The van der Waals surface area contributed by atoms with Gasteiger partial charge in [-0.2, -0.15) is 11.8 Å². The van der Waals surface area contributed by atoms with E-state index in [9.17, 15) is 9.59 Å². The van der Waals surface area contributed by atoms with Gasteiger partial charge in [-0.15, -0.1) is 11.3 Å². The van der Waals surface area contributed by atoms with Gasteiger partial charge in [-0.05, 0) is 48.1 Å². The van der Waals surface area contributed by atoms with Crippen molar-refractivity contribution in [3.8, 4) is 0 Å². The first-order valence-corrected chi connectivity index (χ1v) is 9.87. The molecule has 1 N–H and O–H groups in total. The van der Waals surface area contributed by atoms with E-state index in [2.05, 4.69) is 22.8 Å².